The third kappa shape index (κ3) is 1.88. The van der Waals surface area contributed by atoms with E-state index in [1.54, 1.807) is 7.05 Å². The van der Waals surface area contributed by atoms with E-state index in [0.717, 1.165) is 25.5 Å². The Labute approximate surface area is 136 Å². The first-order valence-corrected chi connectivity index (χ1v) is 7.75. The number of pyridine rings is 1. The number of hydrogen-bond acceptors (Lipinski definition) is 5. The summed E-state index contributed by atoms with van der Waals surface area (Å²) in [5.74, 6) is -1.64. The van der Waals surface area contributed by atoms with Crippen LogP contribution >= 0.6 is 0 Å². The van der Waals surface area contributed by atoms with E-state index in [9.17, 15) is 19.1 Å². The topological polar surface area (TPSA) is 83.8 Å². The van der Waals surface area contributed by atoms with Crippen molar-refractivity contribution >= 4 is 22.6 Å². The summed E-state index contributed by atoms with van der Waals surface area (Å²) < 4.78 is 21.9. The molecule has 2 N–H and O–H groups in total. The van der Waals surface area contributed by atoms with Crippen molar-refractivity contribution in [2.75, 3.05) is 30.5 Å². The fraction of sp³-hybridized carbons (Fsp3) is 0.375. The van der Waals surface area contributed by atoms with Crippen LogP contribution in [0.25, 0.3) is 10.9 Å². The minimum absolute atomic E-state index is 0.0156. The first-order valence-electron chi connectivity index (χ1n) is 7.75. The van der Waals surface area contributed by atoms with Gasteiger partial charge in [-0.2, -0.15) is 0 Å². The van der Waals surface area contributed by atoms with Crippen LogP contribution in [0.1, 0.15) is 23.2 Å². The van der Waals surface area contributed by atoms with E-state index in [1.807, 2.05) is 4.90 Å². The summed E-state index contributed by atoms with van der Waals surface area (Å²) in [5.41, 5.74) is 2.37. The zero-order chi connectivity index (χ0) is 17.0. The van der Waals surface area contributed by atoms with Gasteiger partial charge in [-0.25, -0.2) is 9.18 Å². The summed E-state index contributed by atoms with van der Waals surface area (Å²) in [4.78, 5) is 25.7. The number of carbonyl (C=O) groups is 1. The molecule has 0 radical (unpaired) electrons. The molecule has 1 atom stereocenters. The van der Waals surface area contributed by atoms with Crippen molar-refractivity contribution < 1.29 is 19.0 Å². The number of benzene rings is 1. The van der Waals surface area contributed by atoms with Gasteiger partial charge in [0, 0.05) is 19.8 Å². The number of ether oxygens (including phenoxy) is 1. The van der Waals surface area contributed by atoms with Gasteiger partial charge in [-0.15, -0.1) is 0 Å². The zero-order valence-corrected chi connectivity index (χ0v) is 13.0. The first kappa shape index (κ1) is 14.8. The molecule has 0 unspecified atom stereocenters. The van der Waals surface area contributed by atoms with Crippen molar-refractivity contribution in [1.82, 2.24) is 4.68 Å². The second-order valence-electron chi connectivity index (χ2n) is 6.00. The SMILES string of the molecule is CNn1cc(C(=O)O)c(=O)c2cc(F)c3c(c21)OC[C@@H]1CCCN31. The minimum Gasteiger partial charge on any atom is -0.487 e. The Kier molecular flexibility index (Phi) is 3.16. The fourth-order valence-corrected chi connectivity index (χ4v) is 3.63. The number of carboxylic acids is 1. The molecule has 4 rings (SSSR count). The maximum absolute atomic E-state index is 14.8. The number of aromatic carboxylic acids is 1. The van der Waals surface area contributed by atoms with Crippen LogP contribution in [-0.4, -0.2) is 42.0 Å². The number of nitrogens with zero attached hydrogens (tertiary/aromatic N) is 2. The number of nitrogens with one attached hydrogen (secondary N) is 1. The van der Waals surface area contributed by atoms with Gasteiger partial charge in [0.25, 0.3) is 0 Å². The molecule has 2 aliphatic rings. The Morgan fingerprint density at radius 3 is 3.00 bits per heavy atom. The highest BCUT2D eigenvalue weighted by Crippen LogP contribution is 2.43. The molecular weight excluding hydrogens is 317 g/mol. The molecule has 24 heavy (non-hydrogen) atoms. The van der Waals surface area contributed by atoms with Crippen LogP contribution in [0, 0.1) is 5.82 Å². The maximum Gasteiger partial charge on any atom is 0.341 e. The summed E-state index contributed by atoms with van der Waals surface area (Å²) in [7, 11) is 1.59. The van der Waals surface area contributed by atoms with Crippen molar-refractivity contribution in [3.63, 3.8) is 0 Å². The summed E-state index contributed by atoms with van der Waals surface area (Å²) in [6, 6.07) is 1.25. The second-order valence-corrected chi connectivity index (χ2v) is 6.00. The highest BCUT2D eigenvalue weighted by Gasteiger charge is 2.36. The fourth-order valence-electron chi connectivity index (χ4n) is 3.63. The number of rotatable bonds is 2. The van der Waals surface area contributed by atoms with Crippen LogP contribution < -0.4 is 20.5 Å². The third-order valence-electron chi connectivity index (χ3n) is 4.73. The molecule has 7 nitrogen and oxygen atoms in total. The van der Waals surface area contributed by atoms with Crippen LogP contribution in [0.3, 0.4) is 0 Å². The van der Waals surface area contributed by atoms with Gasteiger partial charge in [-0.3, -0.25) is 9.47 Å². The molecule has 1 fully saturated rings. The van der Waals surface area contributed by atoms with Gasteiger partial charge in [0.2, 0.25) is 5.43 Å². The molecule has 1 saturated heterocycles. The third-order valence-corrected chi connectivity index (χ3v) is 4.73. The summed E-state index contributed by atoms with van der Waals surface area (Å²) in [6.45, 7) is 1.16. The van der Waals surface area contributed by atoms with Crippen LogP contribution in [0.4, 0.5) is 10.1 Å². The van der Waals surface area contributed by atoms with Gasteiger partial charge in [0.05, 0.1) is 11.4 Å². The number of hydrogen-bond donors (Lipinski definition) is 2. The highest BCUT2D eigenvalue weighted by molar-refractivity contribution is 5.97. The van der Waals surface area contributed by atoms with Gasteiger partial charge in [0.15, 0.2) is 11.6 Å². The number of halogens is 1. The van der Waals surface area contributed by atoms with E-state index in [-0.39, 0.29) is 17.2 Å². The Morgan fingerprint density at radius 1 is 1.50 bits per heavy atom. The Balaban J connectivity index is 2.10. The quantitative estimate of drug-likeness (QED) is 0.864. The molecule has 1 aromatic heterocycles. The van der Waals surface area contributed by atoms with E-state index in [2.05, 4.69) is 5.43 Å². The predicted octanol–water partition coefficient (Wildman–Crippen LogP) is 1.37. The van der Waals surface area contributed by atoms with Crippen LogP contribution in [-0.2, 0) is 0 Å². The molecule has 0 saturated carbocycles. The number of anilines is 1. The summed E-state index contributed by atoms with van der Waals surface area (Å²) >= 11 is 0. The van der Waals surface area contributed by atoms with Gasteiger partial charge in [-0.1, -0.05) is 0 Å². The molecule has 2 aromatic rings. The van der Waals surface area contributed by atoms with E-state index >= 15 is 0 Å². The average Bonchev–Trinajstić information content (AvgIpc) is 3.03. The molecule has 1 aromatic carbocycles. The van der Waals surface area contributed by atoms with E-state index in [4.69, 9.17) is 4.74 Å². The number of fused-ring (bicyclic) bond motifs is 5. The minimum atomic E-state index is -1.36. The van der Waals surface area contributed by atoms with E-state index in [0.29, 0.717) is 17.8 Å². The smallest absolute Gasteiger partial charge is 0.341 e. The monoisotopic (exact) mass is 333 g/mol. The standard InChI is InChI=1S/C16H16FN3O4/c1-18-20-6-10(16(22)23)14(21)9-5-11(17)13-15(12(9)20)24-7-8-3-2-4-19(8)13/h5-6,8,18H,2-4,7H2,1H3,(H,22,23)/t8-/m0/s1. The normalized spacial score (nSPS) is 18.9. The summed E-state index contributed by atoms with van der Waals surface area (Å²) in [5, 5.41) is 9.19. The van der Waals surface area contributed by atoms with Gasteiger partial charge >= 0.3 is 5.97 Å². The lowest BCUT2D eigenvalue weighted by molar-refractivity contribution is 0.0695. The molecule has 8 heteroatoms. The van der Waals surface area contributed by atoms with Crippen LogP contribution in [0.15, 0.2) is 17.1 Å². The number of carboxylic acid groups (broad SMARTS) is 1. The molecule has 0 bridgehead atoms. The largest absolute Gasteiger partial charge is 0.487 e. The second kappa shape index (κ2) is 5.12. The van der Waals surface area contributed by atoms with Crippen molar-refractivity contribution in [3.05, 3.63) is 33.9 Å². The Hall–Kier alpha value is -2.77. The van der Waals surface area contributed by atoms with Crippen molar-refractivity contribution in [1.29, 1.82) is 0 Å². The predicted molar refractivity (Wildman–Crippen MR) is 86.3 cm³/mol. The molecule has 0 aliphatic carbocycles. The van der Waals surface area contributed by atoms with Crippen LogP contribution in [0.2, 0.25) is 0 Å². The Bertz CT molecular complexity index is 924. The van der Waals surface area contributed by atoms with Gasteiger partial charge < -0.3 is 20.2 Å². The molecule has 0 amide bonds. The highest BCUT2D eigenvalue weighted by atomic mass is 19.1. The molecule has 2 aliphatic heterocycles. The lowest BCUT2D eigenvalue weighted by Gasteiger charge is -2.34. The average molecular weight is 333 g/mol. The van der Waals surface area contributed by atoms with Crippen molar-refractivity contribution in [2.24, 2.45) is 0 Å². The molecule has 0 spiro atoms. The summed E-state index contributed by atoms with van der Waals surface area (Å²) in [6.07, 6.45) is 3.10. The lowest BCUT2D eigenvalue weighted by Crippen LogP contribution is -2.39. The van der Waals surface area contributed by atoms with Crippen LogP contribution in [0.5, 0.6) is 5.75 Å². The zero-order valence-electron chi connectivity index (χ0n) is 13.0. The van der Waals surface area contributed by atoms with E-state index in [1.165, 1.54) is 10.9 Å². The van der Waals surface area contributed by atoms with Gasteiger partial charge in [-0.05, 0) is 18.9 Å². The van der Waals surface area contributed by atoms with Gasteiger partial charge in [0.1, 0.15) is 23.4 Å². The molecule has 3 heterocycles. The lowest BCUT2D eigenvalue weighted by atomic mass is 10.1. The van der Waals surface area contributed by atoms with E-state index < -0.39 is 22.8 Å². The number of aromatic nitrogens is 1. The van der Waals surface area contributed by atoms with Crippen molar-refractivity contribution in [3.8, 4) is 5.75 Å². The van der Waals surface area contributed by atoms with Crippen molar-refractivity contribution in [2.45, 2.75) is 18.9 Å². The molecular formula is C16H16FN3O4. The Morgan fingerprint density at radius 2 is 2.29 bits per heavy atom. The maximum atomic E-state index is 14.8. The molecule has 126 valence electrons. The first-order chi connectivity index (χ1) is 11.5.